The number of likely N-dealkylation sites (tertiary alicyclic amines) is 1. The summed E-state index contributed by atoms with van der Waals surface area (Å²) in [6, 6.07) is 6.31. The van der Waals surface area contributed by atoms with E-state index in [2.05, 4.69) is 18.7 Å². The average molecular weight is 275 g/mol. The summed E-state index contributed by atoms with van der Waals surface area (Å²) in [4.78, 5) is 2.49. The lowest BCUT2D eigenvalue weighted by molar-refractivity contribution is 0.121. The van der Waals surface area contributed by atoms with Crippen LogP contribution in [0.5, 0.6) is 5.75 Å². The molecular formula is C16H25N3O. The fourth-order valence-corrected chi connectivity index (χ4v) is 2.98. The van der Waals surface area contributed by atoms with Crippen LogP contribution >= 0.6 is 0 Å². The predicted molar refractivity (Wildman–Crippen MR) is 82.3 cm³/mol. The zero-order valence-electron chi connectivity index (χ0n) is 12.6. The Hall–Kier alpha value is -1.55. The number of amidine groups is 1. The normalized spacial score (nSPS) is 23.6. The zero-order chi connectivity index (χ0) is 14.7. The summed E-state index contributed by atoms with van der Waals surface area (Å²) in [7, 11) is 1.69. The molecule has 4 nitrogen and oxygen atoms in total. The van der Waals surface area contributed by atoms with E-state index in [4.69, 9.17) is 15.9 Å². The van der Waals surface area contributed by atoms with E-state index in [9.17, 15) is 0 Å². The third-order valence-corrected chi connectivity index (χ3v) is 4.24. The summed E-state index contributed by atoms with van der Waals surface area (Å²) in [6.07, 6.45) is 2.49. The van der Waals surface area contributed by atoms with Crippen LogP contribution < -0.4 is 10.5 Å². The highest BCUT2D eigenvalue weighted by molar-refractivity contribution is 5.95. The Morgan fingerprint density at radius 2 is 2.20 bits per heavy atom. The molecule has 0 spiro atoms. The van der Waals surface area contributed by atoms with Crippen molar-refractivity contribution in [3.63, 3.8) is 0 Å². The van der Waals surface area contributed by atoms with Gasteiger partial charge in [0.15, 0.2) is 0 Å². The minimum atomic E-state index is 0.106. The Morgan fingerprint density at radius 1 is 1.45 bits per heavy atom. The number of ether oxygens (including phenoxy) is 1. The Morgan fingerprint density at radius 3 is 2.80 bits per heavy atom. The molecule has 2 rings (SSSR count). The maximum absolute atomic E-state index is 7.57. The monoisotopic (exact) mass is 275 g/mol. The van der Waals surface area contributed by atoms with Gasteiger partial charge < -0.3 is 10.5 Å². The SMILES string of the molecule is COc1ccc(C(=N)N)cc1CN1CCC(C)CC1C. The number of hydrogen-bond acceptors (Lipinski definition) is 3. The molecule has 0 aromatic heterocycles. The standard InChI is InChI=1S/C16H25N3O/c1-11-6-7-19(12(2)8-11)10-14-9-13(16(17)18)4-5-15(14)20-3/h4-5,9,11-12H,6-8,10H2,1-3H3,(H3,17,18). The summed E-state index contributed by atoms with van der Waals surface area (Å²) in [5, 5.41) is 7.57. The summed E-state index contributed by atoms with van der Waals surface area (Å²) in [6.45, 7) is 6.59. The van der Waals surface area contributed by atoms with E-state index in [1.165, 1.54) is 12.8 Å². The first-order valence-corrected chi connectivity index (χ1v) is 7.26. The van der Waals surface area contributed by atoms with E-state index in [0.29, 0.717) is 6.04 Å². The van der Waals surface area contributed by atoms with Crippen LogP contribution in [0, 0.1) is 11.3 Å². The van der Waals surface area contributed by atoms with Crippen molar-refractivity contribution in [2.24, 2.45) is 11.7 Å². The molecule has 1 aliphatic rings. The third-order valence-electron chi connectivity index (χ3n) is 4.24. The highest BCUT2D eigenvalue weighted by atomic mass is 16.5. The van der Waals surface area contributed by atoms with Gasteiger partial charge in [-0.2, -0.15) is 0 Å². The number of benzene rings is 1. The molecule has 0 amide bonds. The van der Waals surface area contributed by atoms with Crippen LogP contribution in [-0.2, 0) is 6.54 Å². The molecular weight excluding hydrogens is 250 g/mol. The number of hydrogen-bond donors (Lipinski definition) is 2. The maximum Gasteiger partial charge on any atom is 0.123 e. The quantitative estimate of drug-likeness (QED) is 0.656. The smallest absolute Gasteiger partial charge is 0.123 e. The summed E-state index contributed by atoms with van der Waals surface area (Å²) < 4.78 is 5.44. The van der Waals surface area contributed by atoms with Crippen LogP contribution in [0.15, 0.2) is 18.2 Å². The molecule has 1 heterocycles. The molecule has 110 valence electrons. The van der Waals surface area contributed by atoms with E-state index >= 15 is 0 Å². The highest BCUT2D eigenvalue weighted by Gasteiger charge is 2.23. The zero-order valence-corrected chi connectivity index (χ0v) is 12.6. The van der Waals surface area contributed by atoms with Gasteiger partial charge in [-0.3, -0.25) is 10.3 Å². The first-order chi connectivity index (χ1) is 9.51. The van der Waals surface area contributed by atoms with E-state index in [1.54, 1.807) is 7.11 Å². The summed E-state index contributed by atoms with van der Waals surface area (Å²) in [5.74, 6) is 1.79. The second kappa shape index (κ2) is 6.27. The van der Waals surface area contributed by atoms with Crippen molar-refractivity contribution in [2.45, 2.75) is 39.3 Å². The lowest BCUT2D eigenvalue weighted by Crippen LogP contribution is -2.39. The minimum Gasteiger partial charge on any atom is -0.496 e. The van der Waals surface area contributed by atoms with Crippen molar-refractivity contribution in [2.75, 3.05) is 13.7 Å². The van der Waals surface area contributed by atoms with Crippen molar-refractivity contribution >= 4 is 5.84 Å². The van der Waals surface area contributed by atoms with Gasteiger partial charge in [0, 0.05) is 23.7 Å². The molecule has 1 aliphatic heterocycles. The molecule has 1 fully saturated rings. The van der Waals surface area contributed by atoms with E-state index in [1.807, 2.05) is 18.2 Å². The van der Waals surface area contributed by atoms with Crippen LogP contribution in [0.2, 0.25) is 0 Å². The van der Waals surface area contributed by atoms with E-state index in [-0.39, 0.29) is 5.84 Å². The van der Waals surface area contributed by atoms with E-state index in [0.717, 1.165) is 35.9 Å². The number of nitrogens with one attached hydrogen (secondary N) is 1. The molecule has 0 aliphatic carbocycles. The van der Waals surface area contributed by atoms with Gasteiger partial charge in [0.1, 0.15) is 11.6 Å². The summed E-state index contributed by atoms with van der Waals surface area (Å²) in [5.41, 5.74) is 7.46. The number of nitrogen functional groups attached to an aromatic ring is 1. The largest absolute Gasteiger partial charge is 0.496 e. The van der Waals surface area contributed by atoms with Gasteiger partial charge in [-0.05, 0) is 50.4 Å². The number of nitrogens with two attached hydrogens (primary N) is 1. The second-order valence-electron chi connectivity index (χ2n) is 5.89. The van der Waals surface area contributed by atoms with Crippen LogP contribution in [0.1, 0.15) is 37.8 Å². The molecule has 3 N–H and O–H groups in total. The first kappa shape index (κ1) is 14.9. The van der Waals surface area contributed by atoms with Crippen LogP contribution in [0.3, 0.4) is 0 Å². The fraction of sp³-hybridized carbons (Fsp3) is 0.562. The third kappa shape index (κ3) is 3.31. The molecule has 0 bridgehead atoms. The van der Waals surface area contributed by atoms with Gasteiger partial charge in [-0.15, -0.1) is 0 Å². The Balaban J connectivity index is 2.18. The van der Waals surface area contributed by atoms with Gasteiger partial charge in [0.05, 0.1) is 7.11 Å². The molecule has 1 saturated heterocycles. The molecule has 1 aromatic rings. The van der Waals surface area contributed by atoms with Gasteiger partial charge in [0.2, 0.25) is 0 Å². The molecule has 2 unspecified atom stereocenters. The first-order valence-electron chi connectivity index (χ1n) is 7.26. The molecule has 0 radical (unpaired) electrons. The number of methoxy groups -OCH3 is 1. The van der Waals surface area contributed by atoms with Gasteiger partial charge in [-0.25, -0.2) is 0 Å². The van der Waals surface area contributed by atoms with Gasteiger partial charge >= 0.3 is 0 Å². The highest BCUT2D eigenvalue weighted by Crippen LogP contribution is 2.27. The van der Waals surface area contributed by atoms with E-state index < -0.39 is 0 Å². The minimum absolute atomic E-state index is 0.106. The molecule has 2 atom stereocenters. The Kier molecular flexibility index (Phi) is 4.65. The molecule has 4 heteroatoms. The van der Waals surface area contributed by atoms with Crippen molar-refractivity contribution in [1.29, 1.82) is 5.41 Å². The lowest BCUT2D eigenvalue weighted by Gasteiger charge is -2.36. The molecule has 0 saturated carbocycles. The van der Waals surface area contributed by atoms with Crippen LogP contribution in [-0.4, -0.2) is 30.4 Å². The van der Waals surface area contributed by atoms with Crippen molar-refractivity contribution in [3.8, 4) is 5.75 Å². The van der Waals surface area contributed by atoms with Crippen molar-refractivity contribution in [1.82, 2.24) is 4.90 Å². The number of rotatable bonds is 4. The van der Waals surface area contributed by atoms with Gasteiger partial charge in [0.25, 0.3) is 0 Å². The lowest BCUT2D eigenvalue weighted by atomic mass is 9.93. The second-order valence-corrected chi connectivity index (χ2v) is 5.89. The average Bonchev–Trinajstić information content (AvgIpc) is 2.41. The summed E-state index contributed by atoms with van der Waals surface area (Å²) >= 11 is 0. The topological polar surface area (TPSA) is 62.3 Å². The maximum atomic E-state index is 7.57. The Bertz CT molecular complexity index is 487. The predicted octanol–water partition coefficient (Wildman–Crippen LogP) is 2.60. The van der Waals surface area contributed by atoms with Gasteiger partial charge in [-0.1, -0.05) is 6.92 Å². The van der Waals surface area contributed by atoms with Crippen molar-refractivity contribution < 1.29 is 4.74 Å². The number of piperidine rings is 1. The van der Waals surface area contributed by atoms with Crippen LogP contribution in [0.25, 0.3) is 0 Å². The number of nitrogens with zero attached hydrogens (tertiary/aromatic N) is 1. The fourth-order valence-electron chi connectivity index (χ4n) is 2.98. The molecule has 20 heavy (non-hydrogen) atoms. The van der Waals surface area contributed by atoms with Crippen LogP contribution in [0.4, 0.5) is 0 Å². The van der Waals surface area contributed by atoms with Crippen molar-refractivity contribution in [3.05, 3.63) is 29.3 Å². The molecule has 1 aromatic carbocycles. The Labute approximate surface area is 121 Å².